The molecule has 1 heterocycles. The Kier molecular flexibility index (Phi) is 6.15. The molecule has 3 N–H and O–H groups in total. The highest BCUT2D eigenvalue weighted by molar-refractivity contribution is 8.00. The van der Waals surface area contributed by atoms with Crippen molar-refractivity contribution < 1.29 is 4.79 Å². The van der Waals surface area contributed by atoms with E-state index in [1.54, 1.807) is 25.1 Å². The van der Waals surface area contributed by atoms with Crippen LogP contribution in [0.5, 0.6) is 0 Å². The van der Waals surface area contributed by atoms with E-state index >= 15 is 0 Å². The van der Waals surface area contributed by atoms with Crippen LogP contribution in [0.4, 0.5) is 5.69 Å². The van der Waals surface area contributed by atoms with Crippen LogP contribution in [0, 0.1) is 0 Å². The summed E-state index contributed by atoms with van der Waals surface area (Å²) in [5.74, 6) is 6.43. The number of nitrogens with two attached hydrogens (primary N) is 1. The summed E-state index contributed by atoms with van der Waals surface area (Å²) >= 11 is 13.1. The normalized spacial score (nSPS) is 12.2. The molecule has 2 rings (SSSR count). The highest BCUT2D eigenvalue weighted by atomic mass is 35.5. The zero-order valence-electron chi connectivity index (χ0n) is 12.7. The standard InChI is InChI=1S/C14H17Cl2N5OS/c1-3-4-12-19-20-14(21(12)17)23-8(2)13(22)18-11-6-9(15)5-10(16)7-11/h5-8H,3-4,17H2,1-2H3,(H,18,22)/t8-/m1/s1. The lowest BCUT2D eigenvalue weighted by Gasteiger charge is -2.12. The second-order valence-corrected chi connectivity index (χ2v) is 7.11. The number of nitrogens with zero attached hydrogens (tertiary/aromatic N) is 3. The molecule has 9 heteroatoms. The van der Waals surface area contributed by atoms with Crippen LogP contribution in [0.15, 0.2) is 23.4 Å². The molecular formula is C14H17Cl2N5OS. The van der Waals surface area contributed by atoms with Gasteiger partial charge in [0.05, 0.1) is 5.25 Å². The van der Waals surface area contributed by atoms with E-state index in [4.69, 9.17) is 29.0 Å². The van der Waals surface area contributed by atoms with Crippen molar-refractivity contribution in [2.24, 2.45) is 0 Å². The maximum Gasteiger partial charge on any atom is 0.237 e. The smallest absolute Gasteiger partial charge is 0.237 e. The quantitative estimate of drug-likeness (QED) is 0.598. The van der Waals surface area contributed by atoms with E-state index < -0.39 is 5.25 Å². The van der Waals surface area contributed by atoms with Crippen molar-refractivity contribution in [1.82, 2.24) is 14.9 Å². The van der Waals surface area contributed by atoms with E-state index in [1.165, 1.54) is 16.4 Å². The van der Waals surface area contributed by atoms with Crippen LogP contribution >= 0.6 is 35.0 Å². The van der Waals surface area contributed by atoms with Gasteiger partial charge in [-0.15, -0.1) is 10.2 Å². The number of benzene rings is 1. The highest BCUT2D eigenvalue weighted by Gasteiger charge is 2.19. The van der Waals surface area contributed by atoms with Gasteiger partial charge in [-0.25, -0.2) is 4.68 Å². The molecule has 1 aromatic heterocycles. The number of aromatic nitrogens is 3. The first-order chi connectivity index (χ1) is 10.9. The molecule has 0 radical (unpaired) electrons. The van der Waals surface area contributed by atoms with Crippen molar-refractivity contribution >= 4 is 46.6 Å². The van der Waals surface area contributed by atoms with E-state index in [0.29, 0.717) is 26.7 Å². The number of halogens is 2. The third-order valence-corrected chi connectivity index (χ3v) is 4.48. The second kappa shape index (κ2) is 7.90. The van der Waals surface area contributed by atoms with Gasteiger partial charge in [0.25, 0.3) is 0 Å². The number of hydrogen-bond donors (Lipinski definition) is 2. The molecule has 0 spiro atoms. The second-order valence-electron chi connectivity index (χ2n) is 4.93. The molecule has 124 valence electrons. The Bertz CT molecular complexity index is 686. The molecule has 1 amide bonds. The largest absolute Gasteiger partial charge is 0.336 e. The predicted molar refractivity (Wildman–Crippen MR) is 94.6 cm³/mol. The SMILES string of the molecule is CCCc1nnc(S[C@H](C)C(=O)Nc2cc(Cl)cc(Cl)c2)n1N. The van der Waals surface area contributed by atoms with Gasteiger partial charge in [0.2, 0.25) is 11.1 Å². The minimum atomic E-state index is -0.409. The number of nitrogens with one attached hydrogen (secondary N) is 1. The first-order valence-electron chi connectivity index (χ1n) is 7.03. The molecule has 0 saturated carbocycles. The van der Waals surface area contributed by atoms with Crippen LogP contribution in [-0.2, 0) is 11.2 Å². The molecule has 1 aromatic carbocycles. The Hall–Kier alpha value is -1.44. The lowest BCUT2D eigenvalue weighted by atomic mass is 10.3. The van der Waals surface area contributed by atoms with Gasteiger partial charge in [0.15, 0.2) is 5.82 Å². The Morgan fingerprint density at radius 3 is 2.61 bits per heavy atom. The van der Waals surface area contributed by atoms with Gasteiger partial charge >= 0.3 is 0 Å². The number of thioether (sulfide) groups is 1. The Morgan fingerprint density at radius 1 is 1.35 bits per heavy atom. The average Bonchev–Trinajstić information content (AvgIpc) is 2.79. The van der Waals surface area contributed by atoms with Crippen LogP contribution in [-0.4, -0.2) is 26.0 Å². The van der Waals surface area contributed by atoms with Gasteiger partial charge in [-0.3, -0.25) is 4.79 Å². The molecule has 0 aliphatic carbocycles. The number of hydrogen-bond acceptors (Lipinski definition) is 5. The Labute approximate surface area is 148 Å². The summed E-state index contributed by atoms with van der Waals surface area (Å²) in [4.78, 5) is 12.3. The lowest BCUT2D eigenvalue weighted by Crippen LogP contribution is -2.24. The molecule has 0 aliphatic rings. The first kappa shape index (κ1) is 17.9. The topological polar surface area (TPSA) is 85.8 Å². The number of carbonyl (C=O) groups excluding carboxylic acids is 1. The van der Waals surface area contributed by atoms with E-state index in [0.717, 1.165) is 12.8 Å². The minimum Gasteiger partial charge on any atom is -0.336 e. The zero-order chi connectivity index (χ0) is 17.0. The summed E-state index contributed by atoms with van der Waals surface area (Å²) < 4.78 is 1.42. The number of rotatable bonds is 6. The minimum absolute atomic E-state index is 0.201. The van der Waals surface area contributed by atoms with E-state index in [1.807, 2.05) is 6.92 Å². The number of anilines is 1. The summed E-state index contributed by atoms with van der Waals surface area (Å²) in [5, 5.41) is 11.8. The summed E-state index contributed by atoms with van der Waals surface area (Å²) in [6.07, 6.45) is 1.66. The lowest BCUT2D eigenvalue weighted by molar-refractivity contribution is -0.115. The monoisotopic (exact) mass is 373 g/mol. The van der Waals surface area contributed by atoms with Crippen molar-refractivity contribution in [3.05, 3.63) is 34.1 Å². The average molecular weight is 374 g/mol. The van der Waals surface area contributed by atoms with Crippen molar-refractivity contribution in [2.75, 3.05) is 11.2 Å². The fourth-order valence-corrected chi connectivity index (χ4v) is 3.18. The third-order valence-electron chi connectivity index (χ3n) is 2.99. The van der Waals surface area contributed by atoms with Crippen molar-refractivity contribution in [3.8, 4) is 0 Å². The van der Waals surface area contributed by atoms with Crippen molar-refractivity contribution in [1.29, 1.82) is 0 Å². The van der Waals surface area contributed by atoms with E-state index in [2.05, 4.69) is 15.5 Å². The van der Waals surface area contributed by atoms with Crippen LogP contribution in [0.2, 0.25) is 10.0 Å². The zero-order valence-corrected chi connectivity index (χ0v) is 15.0. The predicted octanol–water partition coefficient (Wildman–Crippen LogP) is 3.37. The Balaban J connectivity index is 2.02. The number of nitrogen functional groups attached to an aromatic ring is 1. The molecule has 0 fully saturated rings. The molecule has 0 aliphatic heterocycles. The fourth-order valence-electron chi connectivity index (χ4n) is 1.86. The molecule has 0 bridgehead atoms. The first-order valence-corrected chi connectivity index (χ1v) is 8.67. The van der Waals surface area contributed by atoms with Gasteiger partial charge in [0, 0.05) is 22.2 Å². The summed E-state index contributed by atoms with van der Waals surface area (Å²) in [5.41, 5.74) is 0.542. The molecule has 6 nitrogen and oxygen atoms in total. The molecule has 23 heavy (non-hydrogen) atoms. The molecule has 0 saturated heterocycles. The maximum absolute atomic E-state index is 12.3. The molecule has 0 unspecified atom stereocenters. The van der Waals surface area contributed by atoms with Crippen LogP contribution in [0.25, 0.3) is 0 Å². The summed E-state index contributed by atoms with van der Waals surface area (Å²) in [6.45, 7) is 3.80. The van der Waals surface area contributed by atoms with Crippen molar-refractivity contribution in [2.45, 2.75) is 37.1 Å². The van der Waals surface area contributed by atoms with Gasteiger partial charge in [0.1, 0.15) is 0 Å². The fraction of sp³-hybridized carbons (Fsp3) is 0.357. The highest BCUT2D eigenvalue weighted by Crippen LogP contribution is 2.25. The molecule has 1 atom stereocenters. The number of aryl methyl sites for hydroxylation is 1. The number of amides is 1. The van der Waals surface area contributed by atoms with Crippen LogP contribution < -0.4 is 11.2 Å². The Morgan fingerprint density at radius 2 is 2.00 bits per heavy atom. The van der Waals surface area contributed by atoms with Crippen LogP contribution in [0.1, 0.15) is 26.1 Å². The van der Waals surface area contributed by atoms with Crippen LogP contribution in [0.3, 0.4) is 0 Å². The molecule has 2 aromatic rings. The van der Waals surface area contributed by atoms with Crippen molar-refractivity contribution in [3.63, 3.8) is 0 Å². The molecular weight excluding hydrogens is 357 g/mol. The maximum atomic E-state index is 12.3. The van der Waals surface area contributed by atoms with E-state index in [-0.39, 0.29) is 5.91 Å². The summed E-state index contributed by atoms with van der Waals surface area (Å²) in [7, 11) is 0. The third kappa shape index (κ3) is 4.76. The van der Waals surface area contributed by atoms with E-state index in [9.17, 15) is 4.79 Å². The van der Waals surface area contributed by atoms with Gasteiger partial charge < -0.3 is 11.2 Å². The van der Waals surface area contributed by atoms with Gasteiger partial charge in [-0.05, 0) is 31.5 Å². The van der Waals surface area contributed by atoms with Gasteiger partial charge in [-0.2, -0.15) is 0 Å². The summed E-state index contributed by atoms with van der Waals surface area (Å²) in [6, 6.07) is 4.87. The number of carbonyl (C=O) groups is 1. The van der Waals surface area contributed by atoms with Gasteiger partial charge in [-0.1, -0.05) is 41.9 Å².